The normalized spacial score (nSPS) is 18.4. The number of anilines is 1. The molecule has 1 fully saturated rings. The van der Waals surface area contributed by atoms with Gasteiger partial charge in [0.15, 0.2) is 10.8 Å². The molecular formula is C12H16N2O4S. The molecule has 0 spiro atoms. The molecule has 0 radical (unpaired) electrons. The third-order valence-corrected chi connectivity index (χ3v) is 4.24. The minimum Gasteiger partial charge on any atom is -0.372 e. The number of morpholine rings is 1. The highest BCUT2D eigenvalue weighted by molar-refractivity contribution is 7.18. The number of ether oxygens (including phenoxy) is 1. The Bertz CT molecular complexity index is 524. The van der Waals surface area contributed by atoms with Crippen LogP contribution in [0.1, 0.15) is 30.4 Å². The SMILES string of the molecule is CC(=O)c1cc([N+](=O)[O-])c(N2CCOC(C)(C)C2)s1. The Morgan fingerprint density at radius 2 is 2.26 bits per heavy atom. The summed E-state index contributed by atoms with van der Waals surface area (Å²) >= 11 is 1.18. The molecule has 19 heavy (non-hydrogen) atoms. The predicted molar refractivity (Wildman–Crippen MR) is 73.2 cm³/mol. The predicted octanol–water partition coefficient (Wildman–Crippen LogP) is 2.47. The standard InChI is InChI=1S/C12H16N2O4S/c1-8(15)10-6-9(14(16)17)11(19-10)13-4-5-18-12(2,3)7-13/h6H,4-5,7H2,1-3H3. The monoisotopic (exact) mass is 284 g/mol. The van der Waals surface area contributed by atoms with Gasteiger partial charge in [-0.2, -0.15) is 0 Å². The summed E-state index contributed by atoms with van der Waals surface area (Å²) in [6, 6.07) is 1.37. The van der Waals surface area contributed by atoms with Gasteiger partial charge in [0, 0.05) is 19.2 Å². The van der Waals surface area contributed by atoms with Crippen molar-refractivity contribution in [2.75, 3.05) is 24.6 Å². The molecule has 2 rings (SSSR count). The van der Waals surface area contributed by atoms with Gasteiger partial charge >= 0.3 is 5.69 Å². The fourth-order valence-electron chi connectivity index (χ4n) is 2.09. The van der Waals surface area contributed by atoms with Gasteiger partial charge in [-0.25, -0.2) is 0 Å². The molecule has 6 nitrogen and oxygen atoms in total. The zero-order valence-electron chi connectivity index (χ0n) is 11.1. The van der Waals surface area contributed by atoms with Gasteiger partial charge in [-0.1, -0.05) is 0 Å². The minimum absolute atomic E-state index is 0.00731. The summed E-state index contributed by atoms with van der Waals surface area (Å²) in [5.41, 5.74) is -0.333. The Balaban J connectivity index is 2.37. The van der Waals surface area contributed by atoms with E-state index in [1.165, 1.54) is 24.3 Å². The van der Waals surface area contributed by atoms with Crippen LogP contribution in [0.3, 0.4) is 0 Å². The van der Waals surface area contributed by atoms with Crippen molar-refractivity contribution in [2.24, 2.45) is 0 Å². The van der Waals surface area contributed by atoms with Crippen molar-refractivity contribution in [3.8, 4) is 0 Å². The molecule has 2 heterocycles. The smallest absolute Gasteiger partial charge is 0.304 e. The van der Waals surface area contributed by atoms with Crippen molar-refractivity contribution in [1.29, 1.82) is 0 Å². The van der Waals surface area contributed by atoms with E-state index >= 15 is 0 Å². The number of carbonyl (C=O) groups excluding carboxylic acids is 1. The molecule has 0 aromatic carbocycles. The minimum atomic E-state index is -0.430. The molecular weight excluding hydrogens is 268 g/mol. The molecule has 1 aliphatic rings. The van der Waals surface area contributed by atoms with E-state index < -0.39 is 4.92 Å². The maximum absolute atomic E-state index is 11.4. The number of carbonyl (C=O) groups is 1. The van der Waals surface area contributed by atoms with Gasteiger partial charge < -0.3 is 9.64 Å². The molecule has 0 unspecified atom stereocenters. The number of ketones is 1. The molecule has 1 saturated heterocycles. The number of rotatable bonds is 3. The second-order valence-corrected chi connectivity index (χ2v) is 6.17. The van der Waals surface area contributed by atoms with Crippen LogP contribution in [0.4, 0.5) is 10.7 Å². The molecule has 1 aromatic rings. The van der Waals surface area contributed by atoms with Crippen molar-refractivity contribution in [3.05, 3.63) is 21.1 Å². The van der Waals surface area contributed by atoms with Crippen molar-refractivity contribution < 1.29 is 14.5 Å². The number of nitro groups is 1. The number of thiophene rings is 1. The van der Waals surface area contributed by atoms with E-state index in [0.29, 0.717) is 29.6 Å². The molecule has 0 bridgehead atoms. The zero-order chi connectivity index (χ0) is 14.2. The summed E-state index contributed by atoms with van der Waals surface area (Å²) in [7, 11) is 0. The Morgan fingerprint density at radius 1 is 1.58 bits per heavy atom. The van der Waals surface area contributed by atoms with Crippen LogP contribution in [-0.4, -0.2) is 36.0 Å². The van der Waals surface area contributed by atoms with Crippen LogP contribution in [0.5, 0.6) is 0 Å². The fraction of sp³-hybridized carbons (Fsp3) is 0.583. The van der Waals surface area contributed by atoms with E-state index in [1.54, 1.807) is 0 Å². The highest BCUT2D eigenvalue weighted by atomic mass is 32.1. The molecule has 0 atom stereocenters. The molecule has 0 amide bonds. The first-order valence-corrected chi connectivity index (χ1v) is 6.80. The second-order valence-electron chi connectivity index (χ2n) is 5.14. The van der Waals surface area contributed by atoms with E-state index in [2.05, 4.69) is 0 Å². The van der Waals surface area contributed by atoms with E-state index in [9.17, 15) is 14.9 Å². The van der Waals surface area contributed by atoms with E-state index in [1.807, 2.05) is 18.7 Å². The number of hydrogen-bond acceptors (Lipinski definition) is 6. The topological polar surface area (TPSA) is 72.7 Å². The van der Waals surface area contributed by atoms with Gasteiger partial charge in [0.2, 0.25) is 0 Å². The summed E-state index contributed by atoms with van der Waals surface area (Å²) in [5, 5.41) is 11.7. The first kappa shape index (κ1) is 14.0. The lowest BCUT2D eigenvalue weighted by atomic mass is 10.1. The third-order valence-electron chi connectivity index (χ3n) is 2.95. The third kappa shape index (κ3) is 2.93. The van der Waals surface area contributed by atoms with Crippen LogP contribution < -0.4 is 4.90 Å². The summed E-state index contributed by atoms with van der Waals surface area (Å²) < 4.78 is 5.60. The molecule has 7 heteroatoms. The van der Waals surface area contributed by atoms with Gasteiger partial charge in [-0.05, 0) is 20.8 Å². The van der Waals surface area contributed by atoms with Crippen LogP contribution in [0.2, 0.25) is 0 Å². The lowest BCUT2D eigenvalue weighted by Crippen LogP contribution is -2.48. The summed E-state index contributed by atoms with van der Waals surface area (Å²) in [6.07, 6.45) is 0. The second kappa shape index (κ2) is 4.90. The van der Waals surface area contributed by atoms with Crippen molar-refractivity contribution >= 4 is 27.8 Å². The quantitative estimate of drug-likeness (QED) is 0.484. The van der Waals surface area contributed by atoms with Crippen molar-refractivity contribution in [3.63, 3.8) is 0 Å². The van der Waals surface area contributed by atoms with Crippen LogP contribution in [0.15, 0.2) is 6.07 Å². The maximum atomic E-state index is 11.4. The van der Waals surface area contributed by atoms with E-state index in [0.717, 1.165) is 0 Å². The average molecular weight is 284 g/mol. The van der Waals surface area contributed by atoms with Crippen LogP contribution in [0.25, 0.3) is 0 Å². The Hall–Kier alpha value is -1.47. The number of hydrogen-bond donors (Lipinski definition) is 0. The van der Waals surface area contributed by atoms with Gasteiger partial charge in [0.25, 0.3) is 0 Å². The van der Waals surface area contributed by atoms with Crippen LogP contribution in [0, 0.1) is 10.1 Å². The van der Waals surface area contributed by atoms with Crippen LogP contribution >= 0.6 is 11.3 Å². The Kier molecular flexibility index (Phi) is 3.60. The average Bonchev–Trinajstić information content (AvgIpc) is 2.72. The molecule has 0 saturated carbocycles. The first-order chi connectivity index (χ1) is 8.80. The Labute approximate surface area is 115 Å². The zero-order valence-corrected chi connectivity index (χ0v) is 12.0. The van der Waals surface area contributed by atoms with Gasteiger partial charge in [-0.3, -0.25) is 14.9 Å². The summed E-state index contributed by atoms with van der Waals surface area (Å²) in [6.45, 7) is 7.02. The Morgan fingerprint density at radius 3 is 2.79 bits per heavy atom. The maximum Gasteiger partial charge on any atom is 0.304 e. The summed E-state index contributed by atoms with van der Waals surface area (Å²) in [4.78, 5) is 24.4. The van der Waals surface area contributed by atoms with E-state index in [-0.39, 0.29) is 17.1 Å². The first-order valence-electron chi connectivity index (χ1n) is 5.98. The fourth-order valence-corrected chi connectivity index (χ4v) is 3.14. The molecule has 1 aliphatic heterocycles. The molecule has 0 aliphatic carbocycles. The molecule has 0 N–H and O–H groups in total. The number of nitrogens with zero attached hydrogens (tertiary/aromatic N) is 2. The van der Waals surface area contributed by atoms with Crippen molar-refractivity contribution in [2.45, 2.75) is 26.4 Å². The molecule has 104 valence electrons. The van der Waals surface area contributed by atoms with Crippen LogP contribution in [-0.2, 0) is 4.74 Å². The largest absolute Gasteiger partial charge is 0.372 e. The highest BCUT2D eigenvalue weighted by Crippen LogP contribution is 2.39. The lowest BCUT2D eigenvalue weighted by Gasteiger charge is -2.38. The van der Waals surface area contributed by atoms with Gasteiger partial charge in [0.1, 0.15) is 0 Å². The van der Waals surface area contributed by atoms with E-state index in [4.69, 9.17) is 4.74 Å². The highest BCUT2D eigenvalue weighted by Gasteiger charge is 2.32. The lowest BCUT2D eigenvalue weighted by molar-refractivity contribution is -0.383. The van der Waals surface area contributed by atoms with Crippen molar-refractivity contribution in [1.82, 2.24) is 0 Å². The summed E-state index contributed by atoms with van der Waals surface area (Å²) in [5.74, 6) is -0.146. The molecule has 1 aromatic heterocycles. The van der Waals surface area contributed by atoms with Gasteiger partial charge in [0.05, 0.1) is 22.0 Å². The number of Topliss-reactive ketones (excluding diaryl/α,β-unsaturated/α-hetero) is 1. The van der Waals surface area contributed by atoms with Gasteiger partial charge in [-0.15, -0.1) is 11.3 Å².